The fourth-order valence-corrected chi connectivity index (χ4v) is 4.24. The van der Waals surface area contributed by atoms with Crippen LogP contribution in [0.15, 0.2) is 35.7 Å². The van der Waals surface area contributed by atoms with Crippen LogP contribution in [-0.4, -0.2) is 44.2 Å². The number of aromatic nitrogens is 5. The molecule has 9 nitrogen and oxygen atoms in total. The summed E-state index contributed by atoms with van der Waals surface area (Å²) in [5.74, 6) is 1.17. The van der Waals surface area contributed by atoms with E-state index in [-0.39, 0.29) is 12.7 Å². The topological polar surface area (TPSA) is 107 Å². The average Bonchev–Trinajstić information content (AvgIpc) is 3.54. The summed E-state index contributed by atoms with van der Waals surface area (Å²) in [5.41, 5.74) is 4.83. The number of rotatable bonds is 6. The summed E-state index contributed by atoms with van der Waals surface area (Å²) < 4.78 is 12.6. The second-order valence-corrected chi connectivity index (χ2v) is 8.04. The number of aromatic amines is 1. The van der Waals surface area contributed by atoms with Crippen molar-refractivity contribution < 1.29 is 14.3 Å². The standard InChI is InChI=1S/C21H20N6O3S/c1-12-7-13(2)27(26-12)21-23-15(10-31-21)5-6-22-20(28)17-9-16(24-25-17)14-3-4-18-19(8-14)30-11-29-18/h3-4,7-10H,5-6,11H2,1-2H3,(H,22,28)(H,24,25). The molecule has 3 aromatic heterocycles. The largest absolute Gasteiger partial charge is 0.454 e. The van der Waals surface area contributed by atoms with Crippen LogP contribution < -0.4 is 14.8 Å². The molecule has 0 atom stereocenters. The van der Waals surface area contributed by atoms with Crippen LogP contribution in [0.3, 0.4) is 0 Å². The summed E-state index contributed by atoms with van der Waals surface area (Å²) in [7, 11) is 0. The van der Waals surface area contributed by atoms with Gasteiger partial charge in [-0.25, -0.2) is 9.67 Å². The van der Waals surface area contributed by atoms with Crippen LogP contribution in [0, 0.1) is 13.8 Å². The normalized spacial score (nSPS) is 12.3. The third-order valence-electron chi connectivity index (χ3n) is 4.89. The van der Waals surface area contributed by atoms with Gasteiger partial charge in [0.15, 0.2) is 11.5 Å². The van der Waals surface area contributed by atoms with Gasteiger partial charge in [0.25, 0.3) is 5.91 Å². The van der Waals surface area contributed by atoms with E-state index in [1.807, 2.05) is 48.2 Å². The zero-order valence-corrected chi connectivity index (χ0v) is 17.8. The minimum absolute atomic E-state index is 0.214. The number of carbonyl (C=O) groups is 1. The van der Waals surface area contributed by atoms with E-state index in [2.05, 4.69) is 25.6 Å². The Labute approximate surface area is 182 Å². The Bertz CT molecular complexity index is 1260. The van der Waals surface area contributed by atoms with E-state index >= 15 is 0 Å². The molecule has 0 bridgehead atoms. The van der Waals surface area contributed by atoms with Crippen LogP contribution in [0.25, 0.3) is 16.4 Å². The van der Waals surface area contributed by atoms with Crippen LogP contribution in [0.5, 0.6) is 11.5 Å². The Hall–Kier alpha value is -3.66. The summed E-state index contributed by atoms with van der Waals surface area (Å²) in [5, 5.41) is 17.2. The number of nitrogens with zero attached hydrogens (tertiary/aromatic N) is 4. The van der Waals surface area contributed by atoms with Crippen molar-refractivity contribution in [1.29, 1.82) is 0 Å². The summed E-state index contributed by atoms with van der Waals surface area (Å²) in [6.07, 6.45) is 0.630. The number of H-pyrrole nitrogens is 1. The van der Waals surface area contributed by atoms with Crippen molar-refractivity contribution in [3.05, 3.63) is 58.5 Å². The lowest BCUT2D eigenvalue weighted by Crippen LogP contribution is -2.26. The highest BCUT2D eigenvalue weighted by Gasteiger charge is 2.16. The third-order valence-corrected chi connectivity index (χ3v) is 5.75. The van der Waals surface area contributed by atoms with Crippen LogP contribution in [0.2, 0.25) is 0 Å². The maximum Gasteiger partial charge on any atom is 0.269 e. The summed E-state index contributed by atoms with van der Waals surface area (Å²) in [6, 6.07) is 9.30. The quantitative estimate of drug-likeness (QED) is 0.481. The van der Waals surface area contributed by atoms with Crippen LogP contribution in [0.1, 0.15) is 27.6 Å². The van der Waals surface area contributed by atoms with E-state index in [0.717, 1.165) is 27.8 Å². The molecular formula is C21H20N6O3S. The number of fused-ring (bicyclic) bond motifs is 1. The molecule has 0 unspecified atom stereocenters. The third kappa shape index (κ3) is 3.89. The van der Waals surface area contributed by atoms with E-state index < -0.39 is 0 Å². The second-order valence-electron chi connectivity index (χ2n) is 7.20. The molecule has 0 radical (unpaired) electrons. The van der Waals surface area contributed by atoms with Crippen molar-refractivity contribution >= 4 is 17.2 Å². The molecule has 1 aliphatic heterocycles. The van der Waals surface area contributed by atoms with E-state index in [9.17, 15) is 4.79 Å². The van der Waals surface area contributed by atoms with Gasteiger partial charge in [-0.15, -0.1) is 11.3 Å². The Morgan fingerprint density at radius 3 is 2.94 bits per heavy atom. The fourth-order valence-electron chi connectivity index (χ4n) is 3.37. The second kappa shape index (κ2) is 7.88. The lowest BCUT2D eigenvalue weighted by atomic mass is 10.1. The predicted octanol–water partition coefficient (Wildman–Crippen LogP) is 3.04. The number of hydrogen-bond donors (Lipinski definition) is 2. The maximum atomic E-state index is 12.5. The first kappa shape index (κ1) is 19.3. The average molecular weight is 436 g/mol. The van der Waals surface area contributed by atoms with Crippen LogP contribution in [-0.2, 0) is 6.42 Å². The van der Waals surface area contributed by atoms with Gasteiger partial charge in [0.2, 0.25) is 11.9 Å². The van der Waals surface area contributed by atoms with Gasteiger partial charge < -0.3 is 14.8 Å². The van der Waals surface area contributed by atoms with Crippen molar-refractivity contribution in [2.45, 2.75) is 20.3 Å². The zero-order valence-electron chi connectivity index (χ0n) is 17.0. The van der Waals surface area contributed by atoms with Gasteiger partial charge in [-0.05, 0) is 44.2 Å². The summed E-state index contributed by atoms with van der Waals surface area (Å²) in [6.45, 7) is 4.65. The Morgan fingerprint density at radius 1 is 1.23 bits per heavy atom. The highest BCUT2D eigenvalue weighted by atomic mass is 32.1. The molecule has 0 fully saturated rings. The number of amides is 1. The number of carbonyl (C=O) groups excluding carboxylic acids is 1. The molecular weight excluding hydrogens is 416 g/mol. The van der Waals surface area contributed by atoms with Crippen LogP contribution >= 0.6 is 11.3 Å². The number of aryl methyl sites for hydroxylation is 2. The van der Waals surface area contributed by atoms with Crippen molar-refractivity contribution in [2.24, 2.45) is 0 Å². The monoisotopic (exact) mass is 436 g/mol. The number of benzene rings is 1. The molecule has 1 amide bonds. The minimum atomic E-state index is -0.214. The Balaban J connectivity index is 1.19. The highest BCUT2D eigenvalue weighted by Crippen LogP contribution is 2.35. The SMILES string of the molecule is Cc1cc(C)n(-c2nc(CCNC(=O)c3cc(-c4ccc5c(c4)OCO5)n[nH]3)cs2)n1. The number of nitrogens with one attached hydrogen (secondary N) is 2. The van der Waals surface area contributed by atoms with Crippen LogP contribution in [0.4, 0.5) is 0 Å². The molecule has 10 heteroatoms. The van der Waals surface area contributed by atoms with E-state index in [4.69, 9.17) is 9.47 Å². The predicted molar refractivity (Wildman–Crippen MR) is 115 cm³/mol. The molecule has 1 aliphatic rings. The molecule has 4 heterocycles. The Morgan fingerprint density at radius 2 is 2.10 bits per heavy atom. The van der Waals surface area contributed by atoms with E-state index in [1.165, 1.54) is 11.3 Å². The van der Waals surface area contributed by atoms with Gasteiger partial charge in [0.1, 0.15) is 5.69 Å². The molecule has 0 saturated carbocycles. The lowest BCUT2D eigenvalue weighted by Gasteiger charge is -2.02. The number of hydrogen-bond acceptors (Lipinski definition) is 7. The number of thiazole rings is 1. The smallest absolute Gasteiger partial charge is 0.269 e. The van der Waals surface area contributed by atoms with Gasteiger partial charge in [0, 0.05) is 29.6 Å². The fraction of sp³-hybridized carbons (Fsp3) is 0.238. The molecule has 5 rings (SSSR count). The molecule has 0 spiro atoms. The lowest BCUT2D eigenvalue weighted by molar-refractivity contribution is 0.0949. The van der Waals surface area contributed by atoms with Crippen molar-refractivity contribution in [3.63, 3.8) is 0 Å². The molecule has 1 aromatic carbocycles. The minimum Gasteiger partial charge on any atom is -0.454 e. The number of ether oxygens (including phenoxy) is 2. The van der Waals surface area contributed by atoms with Gasteiger partial charge in [-0.1, -0.05) is 0 Å². The first-order valence-corrected chi connectivity index (χ1v) is 10.7. The Kier molecular flexibility index (Phi) is 4.91. The van der Waals surface area contributed by atoms with E-state index in [0.29, 0.717) is 35.9 Å². The molecule has 158 valence electrons. The molecule has 0 aliphatic carbocycles. The van der Waals surface area contributed by atoms with E-state index in [1.54, 1.807) is 6.07 Å². The van der Waals surface area contributed by atoms with Crippen molar-refractivity contribution in [2.75, 3.05) is 13.3 Å². The van der Waals surface area contributed by atoms with Crippen molar-refractivity contribution in [1.82, 2.24) is 30.3 Å². The van der Waals surface area contributed by atoms with Crippen molar-refractivity contribution in [3.8, 4) is 27.9 Å². The van der Waals surface area contributed by atoms with Gasteiger partial charge in [-0.3, -0.25) is 9.89 Å². The highest BCUT2D eigenvalue weighted by molar-refractivity contribution is 7.12. The van der Waals surface area contributed by atoms with Gasteiger partial charge >= 0.3 is 0 Å². The summed E-state index contributed by atoms with van der Waals surface area (Å²) in [4.78, 5) is 17.1. The van der Waals surface area contributed by atoms with Gasteiger partial charge in [0.05, 0.1) is 17.1 Å². The molecule has 31 heavy (non-hydrogen) atoms. The van der Waals surface area contributed by atoms with Gasteiger partial charge in [-0.2, -0.15) is 10.2 Å². The molecule has 0 saturated heterocycles. The zero-order chi connectivity index (χ0) is 21.4. The molecule has 4 aromatic rings. The summed E-state index contributed by atoms with van der Waals surface area (Å²) >= 11 is 1.54. The first-order chi connectivity index (χ1) is 15.1. The maximum absolute atomic E-state index is 12.5. The first-order valence-electron chi connectivity index (χ1n) is 9.78. The molecule has 2 N–H and O–H groups in total.